The molecule has 2 N–H and O–H groups in total. The van der Waals surface area contributed by atoms with Crippen molar-refractivity contribution in [3.8, 4) is 0 Å². The van der Waals surface area contributed by atoms with E-state index in [1.807, 2.05) is 13.0 Å². The first-order valence-corrected chi connectivity index (χ1v) is 5.56. The van der Waals surface area contributed by atoms with Crippen LogP contribution in [0.3, 0.4) is 0 Å². The number of carbonyl (C=O) groups excluding carboxylic acids is 1. The van der Waals surface area contributed by atoms with E-state index in [9.17, 15) is 4.79 Å². The number of rotatable bonds is 6. The van der Waals surface area contributed by atoms with Crippen LogP contribution in [0.25, 0.3) is 0 Å². The molecule has 0 saturated carbocycles. The Morgan fingerprint density at radius 1 is 1.62 bits per heavy atom. The topological polar surface area (TPSA) is 67.0 Å². The Labute approximate surface area is 95.6 Å². The molecule has 0 aromatic carbocycles. The number of nitrogens with one attached hydrogen (secondary N) is 2. The van der Waals surface area contributed by atoms with Crippen LogP contribution in [0.1, 0.15) is 38.8 Å². The molecule has 0 bridgehead atoms. The number of H-pyrrole nitrogens is 1. The van der Waals surface area contributed by atoms with Crippen molar-refractivity contribution in [3.63, 3.8) is 0 Å². The van der Waals surface area contributed by atoms with E-state index >= 15 is 0 Å². The van der Waals surface area contributed by atoms with E-state index in [1.54, 1.807) is 0 Å². The number of amides is 1. The molecule has 1 aromatic rings. The Kier molecular flexibility index (Phi) is 4.98. The molecule has 0 aliphatic carbocycles. The van der Waals surface area contributed by atoms with Crippen molar-refractivity contribution < 1.29 is 9.53 Å². The fourth-order valence-corrected chi connectivity index (χ4v) is 1.21. The molecule has 1 rings (SSSR count). The molecule has 0 aliphatic heterocycles. The maximum Gasteiger partial charge on any atom is 0.227 e. The monoisotopic (exact) mass is 225 g/mol. The van der Waals surface area contributed by atoms with Gasteiger partial charge in [0.25, 0.3) is 0 Å². The number of hydrogen-bond acceptors (Lipinski definition) is 3. The number of anilines is 1. The van der Waals surface area contributed by atoms with Gasteiger partial charge in [0.15, 0.2) is 5.82 Å². The molecule has 1 heterocycles. The summed E-state index contributed by atoms with van der Waals surface area (Å²) < 4.78 is 5.10. The SMILES string of the molecule is CCOCCC(=O)Nc1cc(C(C)C)[nH]n1. The normalized spacial score (nSPS) is 10.8. The van der Waals surface area contributed by atoms with Crippen molar-refractivity contribution in [2.75, 3.05) is 18.5 Å². The summed E-state index contributed by atoms with van der Waals surface area (Å²) in [6.45, 7) is 7.11. The lowest BCUT2D eigenvalue weighted by Gasteiger charge is -2.01. The van der Waals surface area contributed by atoms with Gasteiger partial charge in [0.05, 0.1) is 13.0 Å². The molecule has 0 spiro atoms. The summed E-state index contributed by atoms with van der Waals surface area (Å²) in [5, 5.41) is 9.60. The van der Waals surface area contributed by atoms with Crippen molar-refractivity contribution >= 4 is 11.7 Å². The van der Waals surface area contributed by atoms with Crippen LogP contribution in [0.5, 0.6) is 0 Å². The van der Waals surface area contributed by atoms with Gasteiger partial charge in [-0.3, -0.25) is 9.89 Å². The van der Waals surface area contributed by atoms with E-state index in [2.05, 4.69) is 29.4 Å². The Morgan fingerprint density at radius 2 is 2.38 bits per heavy atom. The standard InChI is InChI=1S/C11H19N3O2/c1-4-16-6-5-11(15)12-10-7-9(8(2)3)13-14-10/h7-8H,4-6H2,1-3H3,(H2,12,13,14,15). The van der Waals surface area contributed by atoms with Gasteiger partial charge in [0.2, 0.25) is 5.91 Å². The molecule has 90 valence electrons. The zero-order valence-electron chi connectivity index (χ0n) is 10.0. The van der Waals surface area contributed by atoms with E-state index in [1.165, 1.54) is 0 Å². The summed E-state index contributed by atoms with van der Waals surface area (Å²) in [5.41, 5.74) is 1.01. The fourth-order valence-electron chi connectivity index (χ4n) is 1.21. The van der Waals surface area contributed by atoms with Crippen LogP contribution >= 0.6 is 0 Å². The summed E-state index contributed by atoms with van der Waals surface area (Å²) in [6, 6.07) is 1.85. The third kappa shape index (κ3) is 4.02. The van der Waals surface area contributed by atoms with Gasteiger partial charge >= 0.3 is 0 Å². The molecule has 0 aliphatic rings. The Balaban J connectivity index is 2.37. The van der Waals surface area contributed by atoms with Crippen LogP contribution in [-0.4, -0.2) is 29.3 Å². The predicted molar refractivity (Wildman–Crippen MR) is 62.4 cm³/mol. The second-order valence-corrected chi connectivity index (χ2v) is 3.86. The number of aromatic nitrogens is 2. The van der Waals surface area contributed by atoms with Gasteiger partial charge in [-0.15, -0.1) is 0 Å². The number of carbonyl (C=O) groups is 1. The van der Waals surface area contributed by atoms with Gasteiger partial charge < -0.3 is 10.1 Å². The molecular weight excluding hydrogens is 206 g/mol. The molecule has 0 atom stereocenters. The van der Waals surface area contributed by atoms with Crippen LogP contribution in [0.4, 0.5) is 5.82 Å². The first-order chi connectivity index (χ1) is 7.63. The van der Waals surface area contributed by atoms with E-state index in [4.69, 9.17) is 4.74 Å². The van der Waals surface area contributed by atoms with Crippen molar-refractivity contribution in [3.05, 3.63) is 11.8 Å². The highest BCUT2D eigenvalue weighted by Crippen LogP contribution is 2.14. The van der Waals surface area contributed by atoms with E-state index in [0.29, 0.717) is 31.4 Å². The summed E-state index contributed by atoms with van der Waals surface area (Å²) in [5.74, 6) is 0.877. The fraction of sp³-hybridized carbons (Fsp3) is 0.636. The van der Waals surface area contributed by atoms with E-state index < -0.39 is 0 Å². The van der Waals surface area contributed by atoms with Crippen LogP contribution in [0.2, 0.25) is 0 Å². The van der Waals surface area contributed by atoms with Crippen molar-refractivity contribution in [2.45, 2.75) is 33.1 Å². The quantitative estimate of drug-likeness (QED) is 0.726. The van der Waals surface area contributed by atoms with E-state index in [-0.39, 0.29) is 5.91 Å². The van der Waals surface area contributed by atoms with E-state index in [0.717, 1.165) is 5.69 Å². The van der Waals surface area contributed by atoms with Crippen molar-refractivity contribution in [2.24, 2.45) is 0 Å². The molecule has 0 fully saturated rings. The van der Waals surface area contributed by atoms with Gasteiger partial charge in [-0.2, -0.15) is 5.10 Å². The minimum Gasteiger partial charge on any atom is -0.381 e. The number of hydrogen-bond donors (Lipinski definition) is 2. The maximum atomic E-state index is 11.4. The smallest absolute Gasteiger partial charge is 0.227 e. The summed E-state index contributed by atoms with van der Waals surface area (Å²) in [6.07, 6.45) is 0.359. The summed E-state index contributed by atoms with van der Waals surface area (Å²) in [4.78, 5) is 11.4. The zero-order chi connectivity index (χ0) is 12.0. The second-order valence-electron chi connectivity index (χ2n) is 3.86. The Bertz CT molecular complexity index is 334. The third-order valence-electron chi connectivity index (χ3n) is 2.16. The first-order valence-electron chi connectivity index (χ1n) is 5.56. The van der Waals surface area contributed by atoms with Gasteiger partial charge in [-0.05, 0) is 12.8 Å². The van der Waals surface area contributed by atoms with Crippen LogP contribution in [-0.2, 0) is 9.53 Å². The van der Waals surface area contributed by atoms with Crippen LogP contribution < -0.4 is 5.32 Å². The lowest BCUT2D eigenvalue weighted by atomic mass is 10.1. The Morgan fingerprint density at radius 3 is 2.94 bits per heavy atom. The molecule has 1 amide bonds. The summed E-state index contributed by atoms with van der Waals surface area (Å²) >= 11 is 0. The third-order valence-corrected chi connectivity index (χ3v) is 2.16. The molecule has 0 unspecified atom stereocenters. The molecule has 5 nitrogen and oxygen atoms in total. The van der Waals surface area contributed by atoms with Crippen molar-refractivity contribution in [1.82, 2.24) is 10.2 Å². The van der Waals surface area contributed by atoms with Gasteiger partial charge in [0, 0.05) is 18.4 Å². The van der Waals surface area contributed by atoms with Gasteiger partial charge in [-0.1, -0.05) is 13.8 Å². The molecule has 16 heavy (non-hydrogen) atoms. The lowest BCUT2D eigenvalue weighted by molar-refractivity contribution is -0.117. The highest BCUT2D eigenvalue weighted by molar-refractivity contribution is 5.89. The number of aromatic amines is 1. The largest absolute Gasteiger partial charge is 0.381 e. The molecular formula is C11H19N3O2. The lowest BCUT2D eigenvalue weighted by Crippen LogP contribution is -2.14. The van der Waals surface area contributed by atoms with Gasteiger partial charge in [0.1, 0.15) is 0 Å². The van der Waals surface area contributed by atoms with Crippen molar-refractivity contribution in [1.29, 1.82) is 0 Å². The zero-order valence-corrected chi connectivity index (χ0v) is 10.0. The second kappa shape index (κ2) is 6.27. The first kappa shape index (κ1) is 12.7. The predicted octanol–water partition coefficient (Wildman–Crippen LogP) is 1.90. The molecule has 0 radical (unpaired) electrons. The highest BCUT2D eigenvalue weighted by atomic mass is 16.5. The van der Waals surface area contributed by atoms with Crippen LogP contribution in [0.15, 0.2) is 6.07 Å². The molecule has 5 heteroatoms. The number of ether oxygens (including phenoxy) is 1. The van der Waals surface area contributed by atoms with Gasteiger partial charge in [-0.25, -0.2) is 0 Å². The average Bonchev–Trinajstić information content (AvgIpc) is 2.66. The summed E-state index contributed by atoms with van der Waals surface area (Å²) in [7, 11) is 0. The molecule has 1 aromatic heterocycles. The minimum absolute atomic E-state index is 0.0738. The Hall–Kier alpha value is -1.36. The maximum absolute atomic E-state index is 11.4. The highest BCUT2D eigenvalue weighted by Gasteiger charge is 2.07. The number of nitrogens with zero attached hydrogens (tertiary/aromatic N) is 1. The van der Waals surface area contributed by atoms with Crippen LogP contribution in [0, 0.1) is 0 Å². The minimum atomic E-state index is -0.0738. The molecule has 0 saturated heterocycles. The average molecular weight is 225 g/mol.